The van der Waals surface area contributed by atoms with Crippen LogP contribution in [-0.4, -0.2) is 4.92 Å². The molecular weight excluding hydrogens is 169 g/mol. The molecule has 0 aliphatic heterocycles. The van der Waals surface area contributed by atoms with Crippen LogP contribution in [0.25, 0.3) is 0 Å². The molecule has 58 valence electrons. The molecule has 1 aromatic rings. The van der Waals surface area contributed by atoms with E-state index in [0.29, 0.717) is 0 Å². The van der Waals surface area contributed by atoms with Gasteiger partial charge in [-0.3, -0.25) is 10.1 Å². The van der Waals surface area contributed by atoms with Crippen molar-refractivity contribution >= 4 is 18.3 Å². The van der Waals surface area contributed by atoms with E-state index in [0.717, 1.165) is 12.1 Å². The van der Waals surface area contributed by atoms with Gasteiger partial charge in [-0.1, -0.05) is 0 Å². The van der Waals surface area contributed by atoms with Crippen molar-refractivity contribution in [2.75, 3.05) is 0 Å². The Hall–Kier alpha value is -1.10. The van der Waals surface area contributed by atoms with Crippen LogP contribution in [0.3, 0.4) is 0 Å². The summed E-state index contributed by atoms with van der Waals surface area (Å²) in [6.07, 6.45) is 0. The highest BCUT2D eigenvalue weighted by Gasteiger charge is 2.07. The molecule has 11 heavy (non-hydrogen) atoms. The molecule has 0 amide bonds. The summed E-state index contributed by atoms with van der Waals surface area (Å²) in [6.45, 7) is 0. The van der Waals surface area contributed by atoms with Gasteiger partial charge in [0.1, 0.15) is 5.82 Å². The molecule has 1 aromatic carbocycles. The van der Waals surface area contributed by atoms with Gasteiger partial charge in [-0.25, -0.2) is 4.39 Å². The number of hydrogen-bond acceptors (Lipinski definition) is 3. The number of non-ortho nitro benzene ring substituents is 1. The van der Waals surface area contributed by atoms with Gasteiger partial charge in [0.2, 0.25) is 0 Å². The fourth-order valence-electron chi connectivity index (χ4n) is 0.664. The van der Waals surface area contributed by atoms with Crippen LogP contribution >= 0.6 is 12.6 Å². The monoisotopic (exact) mass is 173 g/mol. The lowest BCUT2D eigenvalue weighted by atomic mass is 10.3. The standard InChI is InChI=1S/C6H4FNO2S/c7-4-1-5(8(9)10)3-6(11)2-4/h1-3,11H. The van der Waals surface area contributed by atoms with Crippen molar-refractivity contribution in [3.05, 3.63) is 34.1 Å². The summed E-state index contributed by atoms with van der Waals surface area (Å²) in [4.78, 5) is 9.69. The third-order valence-corrected chi connectivity index (χ3v) is 1.34. The Morgan fingerprint density at radius 2 is 2.09 bits per heavy atom. The molecule has 0 aromatic heterocycles. The van der Waals surface area contributed by atoms with Crippen LogP contribution < -0.4 is 0 Å². The highest BCUT2D eigenvalue weighted by molar-refractivity contribution is 7.80. The zero-order valence-corrected chi connectivity index (χ0v) is 6.22. The summed E-state index contributed by atoms with van der Waals surface area (Å²) in [6, 6.07) is 3.14. The molecule has 0 atom stereocenters. The van der Waals surface area contributed by atoms with Gasteiger partial charge in [0.25, 0.3) is 5.69 Å². The molecule has 0 aliphatic rings. The summed E-state index contributed by atoms with van der Waals surface area (Å²) in [5.41, 5.74) is -0.282. The van der Waals surface area contributed by atoms with E-state index in [9.17, 15) is 14.5 Å². The lowest BCUT2D eigenvalue weighted by Gasteiger charge is -1.92. The first-order chi connectivity index (χ1) is 5.09. The number of thiol groups is 1. The van der Waals surface area contributed by atoms with Gasteiger partial charge >= 0.3 is 0 Å². The van der Waals surface area contributed by atoms with Crippen LogP contribution in [0.2, 0.25) is 0 Å². The van der Waals surface area contributed by atoms with Crippen LogP contribution in [0.4, 0.5) is 10.1 Å². The third-order valence-electron chi connectivity index (χ3n) is 1.08. The second-order valence-electron chi connectivity index (χ2n) is 1.92. The summed E-state index contributed by atoms with van der Waals surface area (Å²) in [5, 5.41) is 10.1. The third kappa shape index (κ3) is 1.91. The Bertz CT molecular complexity index is 282. The van der Waals surface area contributed by atoms with Gasteiger partial charge in [0.05, 0.1) is 11.0 Å². The maximum atomic E-state index is 12.4. The Morgan fingerprint density at radius 3 is 2.55 bits per heavy atom. The summed E-state index contributed by atoms with van der Waals surface area (Å²) in [5.74, 6) is -0.649. The van der Waals surface area contributed by atoms with E-state index in [-0.39, 0.29) is 10.6 Å². The highest BCUT2D eigenvalue weighted by Crippen LogP contribution is 2.18. The fraction of sp³-hybridized carbons (Fsp3) is 0. The zero-order chi connectivity index (χ0) is 8.43. The number of benzene rings is 1. The fourth-order valence-corrected chi connectivity index (χ4v) is 0.920. The number of nitro groups is 1. The van der Waals surface area contributed by atoms with Crippen molar-refractivity contribution < 1.29 is 9.31 Å². The molecule has 0 saturated carbocycles. The Balaban J connectivity index is 3.19. The average Bonchev–Trinajstić information content (AvgIpc) is 1.85. The number of nitro benzene ring substituents is 1. The van der Waals surface area contributed by atoms with Crippen LogP contribution in [-0.2, 0) is 0 Å². The van der Waals surface area contributed by atoms with Crippen LogP contribution in [0.1, 0.15) is 0 Å². The summed E-state index contributed by atoms with van der Waals surface area (Å²) < 4.78 is 12.4. The lowest BCUT2D eigenvalue weighted by molar-refractivity contribution is -0.385. The minimum absolute atomic E-state index is 0.247. The van der Waals surface area contributed by atoms with Gasteiger partial charge < -0.3 is 0 Å². The Morgan fingerprint density at radius 1 is 1.45 bits per heavy atom. The van der Waals surface area contributed by atoms with Gasteiger partial charge in [-0.05, 0) is 6.07 Å². The molecule has 0 aliphatic carbocycles. The largest absolute Gasteiger partial charge is 0.273 e. The zero-order valence-electron chi connectivity index (χ0n) is 5.32. The predicted molar refractivity (Wildman–Crippen MR) is 40.3 cm³/mol. The first-order valence-electron chi connectivity index (χ1n) is 2.73. The van der Waals surface area contributed by atoms with Gasteiger partial charge in [-0.2, -0.15) is 0 Å². The van der Waals surface area contributed by atoms with E-state index in [1.165, 1.54) is 6.07 Å². The van der Waals surface area contributed by atoms with Crippen LogP contribution in [0, 0.1) is 15.9 Å². The second kappa shape index (κ2) is 2.87. The maximum Gasteiger partial charge on any atom is 0.273 e. The molecule has 0 N–H and O–H groups in total. The molecule has 0 bridgehead atoms. The van der Waals surface area contributed by atoms with Gasteiger partial charge in [-0.15, -0.1) is 12.6 Å². The summed E-state index contributed by atoms with van der Waals surface area (Å²) >= 11 is 3.77. The molecule has 0 heterocycles. The van der Waals surface area contributed by atoms with Crippen molar-refractivity contribution in [2.24, 2.45) is 0 Å². The number of hydrogen-bond donors (Lipinski definition) is 1. The molecule has 0 spiro atoms. The molecule has 0 unspecified atom stereocenters. The smallest absolute Gasteiger partial charge is 0.258 e. The molecule has 5 heteroatoms. The number of rotatable bonds is 1. The molecule has 3 nitrogen and oxygen atoms in total. The first-order valence-corrected chi connectivity index (χ1v) is 3.18. The minimum atomic E-state index is -0.664. The van der Waals surface area contributed by atoms with Crippen molar-refractivity contribution in [3.8, 4) is 0 Å². The van der Waals surface area contributed by atoms with E-state index in [1.807, 2.05) is 0 Å². The molecular formula is C6H4FNO2S. The predicted octanol–water partition coefficient (Wildman–Crippen LogP) is 2.02. The van der Waals surface area contributed by atoms with Crippen molar-refractivity contribution in [3.63, 3.8) is 0 Å². The topological polar surface area (TPSA) is 43.1 Å². The van der Waals surface area contributed by atoms with Gasteiger partial charge in [0.15, 0.2) is 0 Å². The lowest BCUT2D eigenvalue weighted by Crippen LogP contribution is -1.88. The van der Waals surface area contributed by atoms with Crippen molar-refractivity contribution in [1.82, 2.24) is 0 Å². The first kappa shape index (κ1) is 8.00. The maximum absolute atomic E-state index is 12.4. The average molecular weight is 173 g/mol. The number of nitrogens with zero attached hydrogens (tertiary/aromatic N) is 1. The SMILES string of the molecule is O=[N+]([O-])c1cc(F)cc(S)c1. The Kier molecular flexibility index (Phi) is 2.09. The highest BCUT2D eigenvalue weighted by atomic mass is 32.1. The Labute approximate surface area is 67.4 Å². The quantitative estimate of drug-likeness (QED) is 0.401. The van der Waals surface area contributed by atoms with Crippen LogP contribution in [0.15, 0.2) is 23.1 Å². The summed E-state index contributed by atoms with van der Waals surface area (Å²) in [7, 11) is 0. The van der Waals surface area contributed by atoms with Crippen LogP contribution in [0.5, 0.6) is 0 Å². The normalized spacial score (nSPS) is 9.64. The molecule has 0 saturated heterocycles. The molecule has 0 radical (unpaired) electrons. The molecule has 1 rings (SSSR count). The van der Waals surface area contributed by atoms with Crippen molar-refractivity contribution in [1.29, 1.82) is 0 Å². The van der Waals surface area contributed by atoms with E-state index >= 15 is 0 Å². The van der Waals surface area contributed by atoms with Crippen molar-refractivity contribution in [2.45, 2.75) is 4.90 Å². The van der Waals surface area contributed by atoms with E-state index in [2.05, 4.69) is 12.6 Å². The second-order valence-corrected chi connectivity index (χ2v) is 2.44. The van der Waals surface area contributed by atoms with E-state index in [4.69, 9.17) is 0 Å². The molecule has 0 fully saturated rings. The number of halogens is 1. The van der Waals surface area contributed by atoms with Gasteiger partial charge in [0, 0.05) is 11.0 Å². The van der Waals surface area contributed by atoms with E-state index in [1.54, 1.807) is 0 Å². The van der Waals surface area contributed by atoms with E-state index < -0.39 is 10.7 Å². The minimum Gasteiger partial charge on any atom is -0.258 e.